The lowest BCUT2D eigenvalue weighted by Crippen LogP contribution is -2.61. The molecule has 1 aromatic rings. The molecule has 0 heterocycles. The third-order valence-electron chi connectivity index (χ3n) is 7.13. The van der Waals surface area contributed by atoms with E-state index in [1.165, 1.54) is 33.3 Å². The fourth-order valence-corrected chi connectivity index (χ4v) is 6.21. The molecule has 0 spiro atoms. The first kappa shape index (κ1) is 20.9. The third kappa shape index (κ3) is 4.23. The molecule has 1 atom stereocenters. The van der Waals surface area contributed by atoms with Gasteiger partial charge in [-0.1, -0.05) is 0 Å². The van der Waals surface area contributed by atoms with Crippen LogP contribution in [-0.2, 0) is 20.7 Å². The van der Waals surface area contributed by atoms with Gasteiger partial charge in [-0.2, -0.15) is 0 Å². The Morgan fingerprint density at radius 1 is 1.10 bits per heavy atom. The quantitative estimate of drug-likeness (QED) is 0.547. The smallest absolute Gasteiger partial charge is 0.311 e. The molecule has 4 fully saturated rings. The van der Waals surface area contributed by atoms with E-state index in [-0.39, 0.29) is 23.7 Å². The average molecular weight is 414 g/mol. The van der Waals surface area contributed by atoms with E-state index in [2.05, 4.69) is 5.32 Å². The minimum atomic E-state index is -0.854. The molecule has 30 heavy (non-hydrogen) atoms. The second kappa shape index (κ2) is 8.05. The SMILES string of the molecule is COc1ccc(C(C)=O)cc1CC(=O)O[C@@H](C)C(=O)NC12CC3CC(CC(C3)C1)C2. The highest BCUT2D eigenvalue weighted by Crippen LogP contribution is 2.55. The summed E-state index contributed by atoms with van der Waals surface area (Å²) in [6.07, 6.45) is 6.18. The van der Waals surface area contributed by atoms with E-state index in [1.807, 2.05) is 0 Å². The van der Waals surface area contributed by atoms with Gasteiger partial charge < -0.3 is 14.8 Å². The Labute approximate surface area is 177 Å². The first-order valence-electron chi connectivity index (χ1n) is 11.0. The number of ketones is 1. The third-order valence-corrected chi connectivity index (χ3v) is 7.13. The van der Waals surface area contributed by atoms with Gasteiger partial charge in [0.05, 0.1) is 13.5 Å². The van der Waals surface area contributed by atoms with Crippen molar-refractivity contribution in [3.05, 3.63) is 29.3 Å². The average Bonchev–Trinajstić information content (AvgIpc) is 2.66. The maximum atomic E-state index is 12.8. The summed E-state index contributed by atoms with van der Waals surface area (Å²) in [5.74, 6) is 1.90. The lowest BCUT2D eigenvalue weighted by atomic mass is 9.53. The van der Waals surface area contributed by atoms with Gasteiger partial charge in [0.1, 0.15) is 5.75 Å². The molecule has 1 amide bonds. The molecule has 4 aliphatic carbocycles. The first-order valence-corrected chi connectivity index (χ1v) is 11.0. The molecule has 4 saturated carbocycles. The number of nitrogens with one attached hydrogen (secondary N) is 1. The number of hydrogen-bond donors (Lipinski definition) is 1. The van der Waals surface area contributed by atoms with Gasteiger partial charge in [0.2, 0.25) is 0 Å². The van der Waals surface area contributed by atoms with Crippen molar-refractivity contribution in [1.82, 2.24) is 5.32 Å². The van der Waals surface area contributed by atoms with Gasteiger partial charge in [0.25, 0.3) is 5.91 Å². The molecular formula is C24H31NO5. The van der Waals surface area contributed by atoms with Crippen LogP contribution in [0.1, 0.15) is 68.3 Å². The first-order chi connectivity index (χ1) is 14.3. The Morgan fingerprint density at radius 2 is 1.70 bits per heavy atom. The summed E-state index contributed by atoms with van der Waals surface area (Å²) in [7, 11) is 1.51. The molecule has 0 unspecified atom stereocenters. The van der Waals surface area contributed by atoms with Crippen molar-refractivity contribution < 1.29 is 23.9 Å². The minimum Gasteiger partial charge on any atom is -0.496 e. The van der Waals surface area contributed by atoms with Crippen molar-refractivity contribution in [1.29, 1.82) is 0 Å². The van der Waals surface area contributed by atoms with Crippen LogP contribution in [0.25, 0.3) is 0 Å². The van der Waals surface area contributed by atoms with E-state index in [0.717, 1.165) is 37.0 Å². The number of Topliss-reactive ketones (excluding diaryl/α,β-unsaturated/α-hetero) is 1. The van der Waals surface area contributed by atoms with Crippen molar-refractivity contribution in [2.45, 2.75) is 70.4 Å². The van der Waals surface area contributed by atoms with E-state index >= 15 is 0 Å². The van der Waals surface area contributed by atoms with Crippen LogP contribution in [0.2, 0.25) is 0 Å². The number of rotatable bonds is 7. The maximum absolute atomic E-state index is 12.8. The zero-order valence-electron chi connectivity index (χ0n) is 18.0. The summed E-state index contributed by atoms with van der Waals surface area (Å²) in [6.45, 7) is 3.09. The molecule has 1 aromatic carbocycles. The fourth-order valence-electron chi connectivity index (χ4n) is 6.21. The Hall–Kier alpha value is -2.37. The van der Waals surface area contributed by atoms with Gasteiger partial charge in [-0.05, 0) is 88.3 Å². The van der Waals surface area contributed by atoms with Crippen molar-refractivity contribution in [2.24, 2.45) is 17.8 Å². The number of esters is 1. The highest BCUT2D eigenvalue weighted by molar-refractivity contribution is 5.94. The number of carbonyl (C=O) groups is 3. The van der Waals surface area contributed by atoms with Gasteiger partial charge in [-0.3, -0.25) is 14.4 Å². The summed E-state index contributed by atoms with van der Waals surface area (Å²) >= 11 is 0. The van der Waals surface area contributed by atoms with E-state index in [0.29, 0.717) is 16.9 Å². The van der Waals surface area contributed by atoms with Crippen LogP contribution >= 0.6 is 0 Å². The Morgan fingerprint density at radius 3 is 2.23 bits per heavy atom. The molecule has 162 valence electrons. The van der Waals surface area contributed by atoms with Crippen LogP contribution in [0.3, 0.4) is 0 Å². The van der Waals surface area contributed by atoms with Gasteiger partial charge in [-0.25, -0.2) is 0 Å². The molecule has 6 nitrogen and oxygen atoms in total. The molecule has 4 bridgehead atoms. The number of ether oxygens (including phenoxy) is 2. The summed E-state index contributed by atoms with van der Waals surface area (Å²) in [5.41, 5.74) is 0.973. The van der Waals surface area contributed by atoms with E-state index in [4.69, 9.17) is 9.47 Å². The summed E-state index contributed by atoms with van der Waals surface area (Å²) in [6, 6.07) is 4.97. The van der Waals surface area contributed by atoms with Gasteiger partial charge in [0.15, 0.2) is 11.9 Å². The molecule has 0 aliphatic heterocycles. The highest BCUT2D eigenvalue weighted by atomic mass is 16.5. The Kier molecular flexibility index (Phi) is 5.60. The summed E-state index contributed by atoms with van der Waals surface area (Å²) < 4.78 is 10.7. The Bertz CT molecular complexity index is 826. The zero-order valence-corrected chi connectivity index (χ0v) is 18.0. The van der Waals surface area contributed by atoms with E-state index < -0.39 is 12.1 Å². The predicted octanol–water partition coefficient (Wildman–Crippen LogP) is 3.46. The normalized spacial score (nSPS) is 29.9. The van der Waals surface area contributed by atoms with Crippen molar-refractivity contribution in [2.75, 3.05) is 7.11 Å². The van der Waals surface area contributed by atoms with Crippen LogP contribution in [0.5, 0.6) is 5.75 Å². The van der Waals surface area contributed by atoms with Crippen LogP contribution in [0.15, 0.2) is 18.2 Å². The monoisotopic (exact) mass is 413 g/mol. The largest absolute Gasteiger partial charge is 0.496 e. The standard InChI is InChI=1S/C24H31NO5/c1-14(26)19-4-5-21(29-3)20(9-19)10-22(27)30-15(2)23(28)25-24-11-16-6-17(12-24)8-18(7-16)13-24/h4-5,9,15-18H,6-8,10-13H2,1-3H3,(H,25,28)/t15-,16?,17?,18?,24?/m0/s1. The van der Waals surface area contributed by atoms with Crippen LogP contribution in [-0.4, -0.2) is 36.4 Å². The highest BCUT2D eigenvalue weighted by Gasteiger charge is 2.51. The van der Waals surface area contributed by atoms with Gasteiger partial charge in [0, 0.05) is 16.7 Å². The fraction of sp³-hybridized carbons (Fsp3) is 0.625. The van der Waals surface area contributed by atoms with E-state index in [9.17, 15) is 14.4 Å². The number of amides is 1. The molecule has 0 radical (unpaired) electrons. The summed E-state index contributed by atoms with van der Waals surface area (Å²) in [4.78, 5) is 37.0. The summed E-state index contributed by atoms with van der Waals surface area (Å²) in [5, 5.41) is 3.25. The lowest BCUT2D eigenvalue weighted by molar-refractivity contribution is -0.156. The molecular weight excluding hydrogens is 382 g/mol. The lowest BCUT2D eigenvalue weighted by Gasteiger charge is -2.57. The van der Waals surface area contributed by atoms with E-state index in [1.54, 1.807) is 25.1 Å². The van der Waals surface area contributed by atoms with Crippen molar-refractivity contribution >= 4 is 17.7 Å². The molecule has 0 saturated heterocycles. The Balaban J connectivity index is 1.36. The minimum absolute atomic E-state index is 0.0563. The number of carbonyl (C=O) groups excluding carboxylic acids is 3. The number of benzene rings is 1. The molecule has 5 rings (SSSR count). The van der Waals surface area contributed by atoms with Gasteiger partial charge >= 0.3 is 5.97 Å². The second-order valence-electron chi connectivity index (χ2n) is 9.58. The van der Waals surface area contributed by atoms with Crippen molar-refractivity contribution in [3.63, 3.8) is 0 Å². The van der Waals surface area contributed by atoms with Crippen LogP contribution in [0, 0.1) is 17.8 Å². The van der Waals surface area contributed by atoms with Gasteiger partial charge in [-0.15, -0.1) is 0 Å². The topological polar surface area (TPSA) is 81.7 Å². The molecule has 4 aliphatic rings. The molecule has 6 heteroatoms. The van der Waals surface area contributed by atoms with Crippen molar-refractivity contribution in [3.8, 4) is 5.75 Å². The molecule has 1 N–H and O–H groups in total. The maximum Gasteiger partial charge on any atom is 0.311 e. The van der Waals surface area contributed by atoms with Crippen LogP contribution in [0.4, 0.5) is 0 Å². The molecule has 0 aromatic heterocycles. The predicted molar refractivity (Wildman–Crippen MR) is 111 cm³/mol. The number of methoxy groups -OCH3 is 1. The number of hydrogen-bond acceptors (Lipinski definition) is 5. The second-order valence-corrected chi connectivity index (χ2v) is 9.58. The van der Waals surface area contributed by atoms with Crippen LogP contribution < -0.4 is 10.1 Å². The zero-order chi connectivity index (χ0) is 21.5.